The summed E-state index contributed by atoms with van der Waals surface area (Å²) in [7, 11) is 0. The summed E-state index contributed by atoms with van der Waals surface area (Å²) in [5.41, 5.74) is 6.93. The highest BCUT2D eigenvalue weighted by atomic mass is 16.5. The van der Waals surface area contributed by atoms with Crippen LogP contribution in [-0.2, 0) is 6.61 Å². The number of nitrogens with zero attached hydrogens (tertiary/aromatic N) is 1. The van der Waals surface area contributed by atoms with Gasteiger partial charge in [0.15, 0.2) is 0 Å². The van der Waals surface area contributed by atoms with Gasteiger partial charge in [0.2, 0.25) is 0 Å². The molecule has 2 amide bonds. The Hall–Kier alpha value is -4.71. The summed E-state index contributed by atoms with van der Waals surface area (Å²) in [5, 5.41) is 6.89. The summed E-state index contributed by atoms with van der Waals surface area (Å²) >= 11 is 0. The van der Waals surface area contributed by atoms with Crippen molar-refractivity contribution >= 4 is 23.7 Å². The van der Waals surface area contributed by atoms with Crippen LogP contribution in [0.5, 0.6) is 5.75 Å². The number of ether oxygens (including phenoxy) is 1. The molecule has 4 aromatic rings. The van der Waals surface area contributed by atoms with Crippen LogP contribution in [0.25, 0.3) is 0 Å². The number of amides is 2. The molecule has 0 saturated heterocycles. The Morgan fingerprint density at radius 1 is 0.829 bits per heavy atom. The van der Waals surface area contributed by atoms with Crippen LogP contribution in [0.4, 0.5) is 5.69 Å². The molecule has 174 valence electrons. The number of nitrogens with one attached hydrogen (secondary N) is 2. The van der Waals surface area contributed by atoms with Gasteiger partial charge >= 0.3 is 0 Å². The van der Waals surface area contributed by atoms with Crippen LogP contribution in [0.2, 0.25) is 0 Å². The predicted octanol–water partition coefficient (Wildman–Crippen LogP) is 5.59. The molecule has 0 spiro atoms. The maximum Gasteiger partial charge on any atom is 0.271 e. The van der Waals surface area contributed by atoms with Crippen molar-refractivity contribution in [3.8, 4) is 5.75 Å². The van der Waals surface area contributed by atoms with E-state index >= 15 is 0 Å². The zero-order valence-electron chi connectivity index (χ0n) is 19.3. The van der Waals surface area contributed by atoms with E-state index in [4.69, 9.17) is 4.74 Å². The van der Waals surface area contributed by atoms with Crippen LogP contribution in [0.3, 0.4) is 0 Å². The molecule has 0 unspecified atom stereocenters. The van der Waals surface area contributed by atoms with Crippen LogP contribution in [0.15, 0.2) is 108 Å². The number of aryl methyl sites for hydroxylation is 1. The smallest absolute Gasteiger partial charge is 0.271 e. The molecule has 6 nitrogen and oxygen atoms in total. The lowest BCUT2D eigenvalue weighted by molar-refractivity contribution is 0.0954. The quantitative estimate of drug-likeness (QED) is 0.264. The van der Waals surface area contributed by atoms with Gasteiger partial charge in [-0.15, -0.1) is 0 Å². The molecule has 0 atom stereocenters. The van der Waals surface area contributed by atoms with Gasteiger partial charge in [-0.3, -0.25) is 9.59 Å². The maximum absolute atomic E-state index is 12.4. The van der Waals surface area contributed by atoms with E-state index in [1.807, 2.05) is 79.7 Å². The Kier molecular flexibility index (Phi) is 7.66. The van der Waals surface area contributed by atoms with Gasteiger partial charge in [-0.05, 0) is 66.1 Å². The van der Waals surface area contributed by atoms with Gasteiger partial charge in [0.25, 0.3) is 11.8 Å². The van der Waals surface area contributed by atoms with Gasteiger partial charge in [-0.2, -0.15) is 5.10 Å². The third kappa shape index (κ3) is 6.65. The monoisotopic (exact) mass is 463 g/mol. The first-order valence-electron chi connectivity index (χ1n) is 11.2. The summed E-state index contributed by atoms with van der Waals surface area (Å²) in [6, 6.07) is 31.4. The van der Waals surface area contributed by atoms with Gasteiger partial charge in [0.05, 0.1) is 6.21 Å². The summed E-state index contributed by atoms with van der Waals surface area (Å²) in [4.78, 5) is 24.9. The Morgan fingerprint density at radius 2 is 1.57 bits per heavy atom. The second-order valence-electron chi connectivity index (χ2n) is 7.89. The molecule has 0 bridgehead atoms. The molecule has 0 aromatic heterocycles. The fourth-order valence-electron chi connectivity index (χ4n) is 3.39. The summed E-state index contributed by atoms with van der Waals surface area (Å²) in [5.74, 6) is 0.168. The lowest BCUT2D eigenvalue weighted by atomic mass is 10.1. The Morgan fingerprint density at radius 3 is 2.34 bits per heavy atom. The van der Waals surface area contributed by atoms with Gasteiger partial charge < -0.3 is 10.1 Å². The first-order valence-corrected chi connectivity index (χ1v) is 11.2. The lowest BCUT2D eigenvalue weighted by Crippen LogP contribution is -2.18. The zero-order chi connectivity index (χ0) is 24.5. The van der Waals surface area contributed by atoms with Gasteiger partial charge in [0, 0.05) is 16.8 Å². The number of carbonyl (C=O) groups excluding carboxylic acids is 2. The summed E-state index contributed by atoms with van der Waals surface area (Å²) < 4.78 is 5.82. The molecule has 2 N–H and O–H groups in total. The molecule has 0 fully saturated rings. The molecule has 0 aliphatic rings. The first kappa shape index (κ1) is 23.4. The molecule has 4 rings (SSSR count). The third-order valence-corrected chi connectivity index (χ3v) is 5.28. The van der Waals surface area contributed by atoms with Crippen molar-refractivity contribution < 1.29 is 14.3 Å². The number of rotatable bonds is 8. The van der Waals surface area contributed by atoms with Crippen molar-refractivity contribution in [2.24, 2.45) is 5.10 Å². The van der Waals surface area contributed by atoms with E-state index in [0.717, 1.165) is 16.7 Å². The van der Waals surface area contributed by atoms with Crippen molar-refractivity contribution in [1.29, 1.82) is 0 Å². The van der Waals surface area contributed by atoms with E-state index in [1.54, 1.807) is 36.5 Å². The normalized spacial score (nSPS) is 10.7. The molecule has 4 aromatic carbocycles. The number of carbonyl (C=O) groups is 2. The number of hydrazone groups is 1. The lowest BCUT2D eigenvalue weighted by Gasteiger charge is -2.08. The van der Waals surface area contributed by atoms with Crippen LogP contribution in [-0.4, -0.2) is 18.0 Å². The van der Waals surface area contributed by atoms with E-state index in [1.165, 1.54) is 0 Å². The number of anilines is 1. The second-order valence-corrected chi connectivity index (χ2v) is 7.89. The summed E-state index contributed by atoms with van der Waals surface area (Å²) in [6.07, 6.45) is 1.56. The van der Waals surface area contributed by atoms with Crippen molar-refractivity contribution in [2.75, 3.05) is 5.32 Å². The third-order valence-electron chi connectivity index (χ3n) is 5.28. The van der Waals surface area contributed by atoms with E-state index < -0.39 is 0 Å². The predicted molar refractivity (Wildman–Crippen MR) is 138 cm³/mol. The van der Waals surface area contributed by atoms with Crippen LogP contribution in [0.1, 0.15) is 37.4 Å². The van der Waals surface area contributed by atoms with E-state index in [0.29, 0.717) is 29.2 Å². The highest BCUT2D eigenvalue weighted by Gasteiger charge is 2.09. The first-order chi connectivity index (χ1) is 17.1. The largest absolute Gasteiger partial charge is 0.489 e. The number of hydrogen-bond acceptors (Lipinski definition) is 4. The number of hydrogen-bond donors (Lipinski definition) is 2. The number of benzene rings is 4. The second kappa shape index (κ2) is 11.4. The van der Waals surface area contributed by atoms with Gasteiger partial charge in [0.1, 0.15) is 12.4 Å². The van der Waals surface area contributed by atoms with Crippen molar-refractivity contribution in [3.05, 3.63) is 131 Å². The molecular weight excluding hydrogens is 438 g/mol. The molecule has 0 aliphatic carbocycles. The molecule has 6 heteroatoms. The highest BCUT2D eigenvalue weighted by Crippen LogP contribution is 2.15. The Balaban J connectivity index is 1.30. The average molecular weight is 464 g/mol. The van der Waals surface area contributed by atoms with Crippen LogP contribution < -0.4 is 15.5 Å². The molecule has 35 heavy (non-hydrogen) atoms. The molecule has 0 saturated carbocycles. The molecule has 0 radical (unpaired) electrons. The van der Waals surface area contributed by atoms with Crippen molar-refractivity contribution in [2.45, 2.75) is 13.5 Å². The zero-order valence-corrected chi connectivity index (χ0v) is 19.3. The minimum atomic E-state index is -0.352. The summed E-state index contributed by atoms with van der Waals surface area (Å²) in [6.45, 7) is 2.36. The Bertz CT molecular complexity index is 1330. The van der Waals surface area contributed by atoms with Gasteiger partial charge in [-0.25, -0.2) is 5.43 Å². The standard InChI is InChI=1S/C29H25N3O3/c1-21-8-5-6-13-27(21)29(34)31-25-16-14-24(15-17-25)28(33)32-30-19-23-11-7-12-26(18-23)35-20-22-9-3-2-4-10-22/h2-19H,20H2,1H3,(H,31,34)(H,32,33). The fourth-order valence-corrected chi connectivity index (χ4v) is 3.39. The van der Waals surface area contributed by atoms with Gasteiger partial charge in [-0.1, -0.05) is 60.7 Å². The average Bonchev–Trinajstić information content (AvgIpc) is 2.89. The van der Waals surface area contributed by atoms with Crippen LogP contribution >= 0.6 is 0 Å². The molecule has 0 heterocycles. The SMILES string of the molecule is Cc1ccccc1C(=O)Nc1ccc(C(=O)NN=Cc2cccc(OCc3ccccc3)c2)cc1. The van der Waals surface area contributed by atoms with E-state index in [-0.39, 0.29) is 11.8 Å². The fraction of sp³-hybridized carbons (Fsp3) is 0.0690. The van der Waals surface area contributed by atoms with Crippen LogP contribution in [0, 0.1) is 6.92 Å². The molecular formula is C29H25N3O3. The Labute approximate surface area is 204 Å². The minimum absolute atomic E-state index is 0.195. The minimum Gasteiger partial charge on any atom is -0.489 e. The topological polar surface area (TPSA) is 79.8 Å². The van der Waals surface area contributed by atoms with Crippen molar-refractivity contribution in [3.63, 3.8) is 0 Å². The van der Waals surface area contributed by atoms with Crippen molar-refractivity contribution in [1.82, 2.24) is 5.43 Å². The van der Waals surface area contributed by atoms with E-state index in [9.17, 15) is 9.59 Å². The maximum atomic E-state index is 12.4. The van der Waals surface area contributed by atoms with E-state index in [2.05, 4.69) is 15.8 Å². The molecule has 0 aliphatic heterocycles. The highest BCUT2D eigenvalue weighted by molar-refractivity contribution is 6.05.